The zero-order chi connectivity index (χ0) is 18.5. The molecule has 1 atom stereocenters. The van der Waals surface area contributed by atoms with E-state index in [1.54, 1.807) is 14.0 Å². The van der Waals surface area contributed by atoms with Crippen LogP contribution in [0.3, 0.4) is 0 Å². The van der Waals surface area contributed by atoms with E-state index in [1.165, 1.54) is 0 Å². The lowest BCUT2D eigenvalue weighted by molar-refractivity contribution is -0.138. The molecule has 0 unspecified atom stereocenters. The highest BCUT2D eigenvalue weighted by Gasteiger charge is 2.27. The van der Waals surface area contributed by atoms with Gasteiger partial charge in [-0.1, -0.05) is 28.1 Å². The molecule has 0 N–H and O–H groups in total. The molecule has 2 aromatic rings. The summed E-state index contributed by atoms with van der Waals surface area (Å²) in [6, 6.07) is 15.5. The van der Waals surface area contributed by atoms with Gasteiger partial charge < -0.3 is 19.3 Å². The minimum absolute atomic E-state index is 0.0209. The predicted molar refractivity (Wildman–Crippen MR) is 106 cm³/mol. The van der Waals surface area contributed by atoms with Gasteiger partial charge in [0.2, 0.25) is 0 Å². The van der Waals surface area contributed by atoms with E-state index in [1.807, 2.05) is 47.4 Å². The first-order valence-electron chi connectivity index (χ1n) is 8.67. The SMILES string of the molecule is COc1ccccc1N1CCN(C(=O)[C@H](C)Oc2ccc(Br)cc2)CC1. The number of ether oxygens (including phenoxy) is 2. The summed E-state index contributed by atoms with van der Waals surface area (Å²) in [6.07, 6.45) is -0.506. The summed E-state index contributed by atoms with van der Waals surface area (Å²) in [5.74, 6) is 1.58. The molecule has 0 aliphatic carbocycles. The van der Waals surface area contributed by atoms with E-state index < -0.39 is 6.10 Å². The van der Waals surface area contributed by atoms with Crippen LogP contribution >= 0.6 is 15.9 Å². The van der Waals surface area contributed by atoms with E-state index in [9.17, 15) is 4.79 Å². The number of amides is 1. The Bertz CT molecular complexity index is 743. The number of halogens is 1. The maximum atomic E-state index is 12.7. The van der Waals surface area contributed by atoms with Crippen molar-refractivity contribution in [3.63, 3.8) is 0 Å². The standard InChI is InChI=1S/C20H23BrN2O3/c1-15(26-17-9-7-16(21)8-10-17)20(24)23-13-11-22(12-14-23)18-5-3-4-6-19(18)25-2/h3-10,15H,11-14H2,1-2H3/t15-/m0/s1. The molecule has 0 spiro atoms. The normalized spacial score (nSPS) is 15.5. The zero-order valence-electron chi connectivity index (χ0n) is 15.0. The molecular weight excluding hydrogens is 396 g/mol. The van der Waals surface area contributed by atoms with Gasteiger partial charge in [-0.25, -0.2) is 0 Å². The van der Waals surface area contributed by atoms with Gasteiger partial charge in [0.1, 0.15) is 11.5 Å². The fourth-order valence-electron chi connectivity index (χ4n) is 3.08. The molecule has 3 rings (SSSR count). The van der Waals surface area contributed by atoms with Crippen molar-refractivity contribution < 1.29 is 14.3 Å². The van der Waals surface area contributed by atoms with Crippen LogP contribution in [0.15, 0.2) is 53.0 Å². The Morgan fingerprint density at radius 2 is 1.69 bits per heavy atom. The van der Waals surface area contributed by atoms with E-state index in [4.69, 9.17) is 9.47 Å². The first kappa shape index (κ1) is 18.6. The first-order chi connectivity index (χ1) is 12.6. The van der Waals surface area contributed by atoms with Crippen molar-refractivity contribution in [1.29, 1.82) is 0 Å². The van der Waals surface area contributed by atoms with Gasteiger partial charge >= 0.3 is 0 Å². The van der Waals surface area contributed by atoms with Crippen molar-refractivity contribution in [3.8, 4) is 11.5 Å². The number of para-hydroxylation sites is 2. The van der Waals surface area contributed by atoms with Gasteiger partial charge in [0, 0.05) is 30.7 Å². The molecule has 138 valence electrons. The fourth-order valence-corrected chi connectivity index (χ4v) is 3.35. The van der Waals surface area contributed by atoms with E-state index in [0.29, 0.717) is 18.8 Å². The number of hydrogen-bond donors (Lipinski definition) is 0. The second-order valence-corrected chi connectivity index (χ2v) is 7.11. The van der Waals surface area contributed by atoms with Crippen LogP contribution in [0.5, 0.6) is 11.5 Å². The highest BCUT2D eigenvalue weighted by molar-refractivity contribution is 9.10. The maximum Gasteiger partial charge on any atom is 0.263 e. The second-order valence-electron chi connectivity index (χ2n) is 6.20. The molecule has 1 saturated heterocycles. The van der Waals surface area contributed by atoms with Crippen molar-refractivity contribution in [2.75, 3.05) is 38.2 Å². The van der Waals surface area contributed by atoms with Gasteiger partial charge in [0.05, 0.1) is 12.8 Å². The third-order valence-corrected chi connectivity index (χ3v) is 5.02. The molecule has 2 aromatic carbocycles. The average Bonchev–Trinajstić information content (AvgIpc) is 2.69. The lowest BCUT2D eigenvalue weighted by atomic mass is 10.2. The number of carbonyl (C=O) groups excluding carboxylic acids is 1. The Labute approximate surface area is 162 Å². The molecule has 0 saturated carbocycles. The lowest BCUT2D eigenvalue weighted by Gasteiger charge is -2.37. The van der Waals surface area contributed by atoms with Crippen LogP contribution in [-0.2, 0) is 4.79 Å². The number of hydrogen-bond acceptors (Lipinski definition) is 4. The van der Waals surface area contributed by atoms with Gasteiger partial charge in [-0.05, 0) is 43.3 Å². The summed E-state index contributed by atoms with van der Waals surface area (Å²) >= 11 is 3.39. The molecule has 6 heteroatoms. The van der Waals surface area contributed by atoms with Gasteiger partial charge in [-0.15, -0.1) is 0 Å². The Balaban J connectivity index is 1.57. The Kier molecular flexibility index (Phi) is 6.04. The van der Waals surface area contributed by atoms with E-state index in [0.717, 1.165) is 29.0 Å². The van der Waals surface area contributed by atoms with Gasteiger partial charge in [-0.2, -0.15) is 0 Å². The first-order valence-corrected chi connectivity index (χ1v) is 9.47. The number of piperazine rings is 1. The largest absolute Gasteiger partial charge is 0.495 e. The highest BCUT2D eigenvalue weighted by atomic mass is 79.9. The summed E-state index contributed by atoms with van der Waals surface area (Å²) in [4.78, 5) is 16.8. The molecule has 1 amide bonds. The molecule has 0 radical (unpaired) electrons. The number of anilines is 1. The van der Waals surface area contributed by atoms with E-state index >= 15 is 0 Å². The van der Waals surface area contributed by atoms with Crippen LogP contribution in [0.2, 0.25) is 0 Å². The predicted octanol–water partition coefficient (Wildman–Crippen LogP) is 3.57. The number of methoxy groups -OCH3 is 1. The summed E-state index contributed by atoms with van der Waals surface area (Å²) in [7, 11) is 1.68. The fraction of sp³-hybridized carbons (Fsp3) is 0.350. The number of rotatable bonds is 5. The molecule has 0 aromatic heterocycles. The third kappa shape index (κ3) is 4.30. The zero-order valence-corrected chi connectivity index (χ0v) is 16.6. The average molecular weight is 419 g/mol. The van der Waals surface area contributed by atoms with Crippen molar-refractivity contribution in [1.82, 2.24) is 4.90 Å². The van der Waals surface area contributed by atoms with Crippen LogP contribution in [0.1, 0.15) is 6.92 Å². The Hall–Kier alpha value is -2.21. The second kappa shape index (κ2) is 8.45. The number of nitrogens with zero attached hydrogens (tertiary/aromatic N) is 2. The minimum atomic E-state index is -0.506. The van der Waals surface area contributed by atoms with Crippen LogP contribution in [0.25, 0.3) is 0 Å². The van der Waals surface area contributed by atoms with Gasteiger partial charge in [-0.3, -0.25) is 4.79 Å². The van der Waals surface area contributed by atoms with Crippen molar-refractivity contribution in [2.24, 2.45) is 0 Å². The van der Waals surface area contributed by atoms with Crippen LogP contribution in [0, 0.1) is 0 Å². The molecule has 5 nitrogen and oxygen atoms in total. The molecule has 1 aliphatic rings. The molecule has 1 aliphatic heterocycles. The van der Waals surface area contributed by atoms with E-state index in [2.05, 4.69) is 26.9 Å². The van der Waals surface area contributed by atoms with Crippen LogP contribution in [-0.4, -0.2) is 50.2 Å². The Morgan fingerprint density at radius 1 is 1.04 bits per heavy atom. The molecular formula is C20H23BrN2O3. The number of carbonyl (C=O) groups is 1. The van der Waals surface area contributed by atoms with Crippen LogP contribution < -0.4 is 14.4 Å². The molecule has 1 fully saturated rings. The smallest absolute Gasteiger partial charge is 0.263 e. The summed E-state index contributed by atoms with van der Waals surface area (Å²) in [5.41, 5.74) is 1.07. The van der Waals surface area contributed by atoms with Gasteiger partial charge in [0.15, 0.2) is 6.10 Å². The van der Waals surface area contributed by atoms with Gasteiger partial charge in [0.25, 0.3) is 5.91 Å². The summed E-state index contributed by atoms with van der Waals surface area (Å²) in [6.45, 7) is 4.70. The quantitative estimate of drug-likeness (QED) is 0.743. The molecule has 26 heavy (non-hydrogen) atoms. The minimum Gasteiger partial charge on any atom is -0.495 e. The topological polar surface area (TPSA) is 42.0 Å². The van der Waals surface area contributed by atoms with E-state index in [-0.39, 0.29) is 5.91 Å². The Morgan fingerprint density at radius 3 is 2.35 bits per heavy atom. The maximum absolute atomic E-state index is 12.7. The van der Waals surface area contributed by atoms with Crippen molar-refractivity contribution in [3.05, 3.63) is 53.0 Å². The highest BCUT2D eigenvalue weighted by Crippen LogP contribution is 2.28. The van der Waals surface area contributed by atoms with Crippen LogP contribution in [0.4, 0.5) is 5.69 Å². The summed E-state index contributed by atoms with van der Waals surface area (Å²) < 4.78 is 12.2. The molecule has 0 bridgehead atoms. The monoisotopic (exact) mass is 418 g/mol. The summed E-state index contributed by atoms with van der Waals surface area (Å²) in [5, 5.41) is 0. The lowest BCUT2D eigenvalue weighted by Crippen LogP contribution is -2.52. The third-order valence-electron chi connectivity index (χ3n) is 4.49. The van der Waals surface area contributed by atoms with Crippen molar-refractivity contribution >= 4 is 27.5 Å². The number of benzene rings is 2. The van der Waals surface area contributed by atoms with Crippen molar-refractivity contribution in [2.45, 2.75) is 13.0 Å². The molecule has 1 heterocycles.